The number of benzene rings is 2. The molecule has 0 aliphatic carbocycles. The van der Waals surface area contributed by atoms with Crippen molar-refractivity contribution in [3.63, 3.8) is 0 Å². The molecule has 4 aromatic rings. The van der Waals surface area contributed by atoms with E-state index in [0.29, 0.717) is 5.89 Å². The Kier molecular flexibility index (Phi) is 6.33. The average Bonchev–Trinajstić information content (AvgIpc) is 3.25. The molecular formula is C28H29N3O2. The van der Waals surface area contributed by atoms with Crippen LogP contribution < -0.4 is 0 Å². The SMILES string of the molecule is Cc1oc(-c2ccc(-c3ccccc3)cc2)nc1CN1CCC([C@@H](O)c2cccnc2)CC1. The van der Waals surface area contributed by atoms with Crippen LogP contribution in [0.3, 0.4) is 0 Å². The van der Waals surface area contributed by atoms with Crippen LogP contribution in [0.1, 0.15) is 36.0 Å². The van der Waals surface area contributed by atoms with Crippen molar-refractivity contribution in [3.05, 3.63) is 96.1 Å². The molecule has 3 heterocycles. The molecule has 1 N–H and O–H groups in total. The van der Waals surface area contributed by atoms with Gasteiger partial charge in [-0.05, 0) is 73.7 Å². The lowest BCUT2D eigenvalue weighted by atomic mass is 9.88. The summed E-state index contributed by atoms with van der Waals surface area (Å²) in [6.07, 6.45) is 4.98. The topological polar surface area (TPSA) is 62.4 Å². The summed E-state index contributed by atoms with van der Waals surface area (Å²) in [4.78, 5) is 11.4. The van der Waals surface area contributed by atoms with Gasteiger partial charge in [0.2, 0.25) is 5.89 Å². The Labute approximate surface area is 194 Å². The predicted molar refractivity (Wildman–Crippen MR) is 129 cm³/mol. The van der Waals surface area contributed by atoms with E-state index in [-0.39, 0.29) is 5.92 Å². The molecule has 5 rings (SSSR count). The van der Waals surface area contributed by atoms with Crippen LogP contribution in [0.15, 0.2) is 83.5 Å². The smallest absolute Gasteiger partial charge is 0.226 e. The first-order valence-electron chi connectivity index (χ1n) is 11.6. The minimum absolute atomic E-state index is 0.266. The molecule has 168 valence electrons. The van der Waals surface area contributed by atoms with E-state index in [9.17, 15) is 5.11 Å². The monoisotopic (exact) mass is 439 g/mol. The zero-order chi connectivity index (χ0) is 22.6. The Morgan fingerprint density at radius 1 is 0.939 bits per heavy atom. The van der Waals surface area contributed by atoms with Gasteiger partial charge in [0.25, 0.3) is 0 Å². The highest BCUT2D eigenvalue weighted by Crippen LogP contribution is 2.31. The van der Waals surface area contributed by atoms with Crippen molar-refractivity contribution in [1.82, 2.24) is 14.9 Å². The number of aliphatic hydroxyl groups is 1. The van der Waals surface area contributed by atoms with Gasteiger partial charge in [0.15, 0.2) is 0 Å². The number of aryl methyl sites for hydroxylation is 1. The van der Waals surface area contributed by atoms with Crippen molar-refractivity contribution in [2.45, 2.75) is 32.4 Å². The van der Waals surface area contributed by atoms with E-state index >= 15 is 0 Å². The van der Waals surface area contributed by atoms with E-state index < -0.39 is 6.10 Å². The minimum atomic E-state index is -0.444. The summed E-state index contributed by atoms with van der Waals surface area (Å²) in [6, 6.07) is 22.6. The van der Waals surface area contributed by atoms with Gasteiger partial charge in [-0.25, -0.2) is 4.98 Å². The standard InChI is InChI=1S/C28H29N3O2/c1-20-26(19-31-16-13-23(14-17-31)27(32)25-8-5-15-29-18-25)30-28(33-20)24-11-9-22(10-12-24)21-6-3-2-4-7-21/h2-12,15,18,23,27,32H,13-14,16-17,19H2,1H3/t27-/m1/s1. The number of aromatic nitrogens is 2. The molecule has 5 heteroatoms. The van der Waals surface area contributed by atoms with Crippen LogP contribution >= 0.6 is 0 Å². The van der Waals surface area contributed by atoms with Gasteiger partial charge >= 0.3 is 0 Å². The number of nitrogens with zero attached hydrogens (tertiary/aromatic N) is 3. The molecule has 0 spiro atoms. The zero-order valence-corrected chi connectivity index (χ0v) is 18.9. The van der Waals surface area contributed by atoms with Crippen molar-refractivity contribution >= 4 is 0 Å². The molecule has 0 amide bonds. The van der Waals surface area contributed by atoms with E-state index in [2.05, 4.69) is 58.4 Å². The van der Waals surface area contributed by atoms with E-state index in [1.165, 1.54) is 11.1 Å². The van der Waals surface area contributed by atoms with Crippen molar-refractivity contribution in [2.75, 3.05) is 13.1 Å². The third-order valence-corrected chi connectivity index (χ3v) is 6.61. The van der Waals surface area contributed by atoms with Crippen LogP contribution in [-0.4, -0.2) is 33.1 Å². The third-order valence-electron chi connectivity index (χ3n) is 6.61. The molecule has 1 saturated heterocycles. The summed E-state index contributed by atoms with van der Waals surface area (Å²) in [5.41, 5.74) is 5.27. The van der Waals surface area contributed by atoms with Crippen LogP contribution in [-0.2, 0) is 6.54 Å². The fourth-order valence-electron chi connectivity index (χ4n) is 4.60. The van der Waals surface area contributed by atoms with E-state index in [4.69, 9.17) is 9.40 Å². The van der Waals surface area contributed by atoms with Crippen LogP contribution in [0.5, 0.6) is 0 Å². The lowest BCUT2D eigenvalue weighted by Crippen LogP contribution is -2.35. The molecule has 33 heavy (non-hydrogen) atoms. The largest absolute Gasteiger partial charge is 0.441 e. The highest BCUT2D eigenvalue weighted by Gasteiger charge is 2.27. The maximum Gasteiger partial charge on any atom is 0.226 e. The average molecular weight is 440 g/mol. The van der Waals surface area contributed by atoms with Gasteiger partial charge in [-0.15, -0.1) is 0 Å². The number of rotatable bonds is 6. The molecule has 1 aliphatic heterocycles. The van der Waals surface area contributed by atoms with E-state index in [1.807, 2.05) is 25.1 Å². The third kappa shape index (κ3) is 4.90. The van der Waals surface area contributed by atoms with Crippen LogP contribution in [0.4, 0.5) is 0 Å². The zero-order valence-electron chi connectivity index (χ0n) is 18.9. The number of hydrogen-bond donors (Lipinski definition) is 1. The molecule has 0 bridgehead atoms. The summed E-state index contributed by atoms with van der Waals surface area (Å²) in [6.45, 7) is 4.64. The molecule has 0 saturated carbocycles. The molecule has 1 atom stereocenters. The number of piperidine rings is 1. The Hall–Kier alpha value is -3.28. The number of likely N-dealkylation sites (tertiary alicyclic amines) is 1. The summed E-state index contributed by atoms with van der Waals surface area (Å²) in [5, 5.41) is 10.7. The first-order chi connectivity index (χ1) is 16.2. The van der Waals surface area contributed by atoms with Gasteiger partial charge in [0, 0.05) is 24.5 Å². The number of pyridine rings is 1. The molecule has 2 aromatic heterocycles. The number of hydrogen-bond acceptors (Lipinski definition) is 5. The van der Waals surface area contributed by atoms with Gasteiger partial charge in [0.05, 0.1) is 11.8 Å². The summed E-state index contributed by atoms with van der Waals surface area (Å²) < 4.78 is 6.02. The first kappa shape index (κ1) is 21.6. The minimum Gasteiger partial charge on any atom is -0.441 e. The quantitative estimate of drug-likeness (QED) is 0.420. The normalized spacial score (nSPS) is 16.1. The second-order valence-electron chi connectivity index (χ2n) is 8.81. The summed E-state index contributed by atoms with van der Waals surface area (Å²) in [5.74, 6) is 1.81. The molecule has 5 nitrogen and oxygen atoms in total. The predicted octanol–water partition coefficient (Wildman–Crippen LogP) is 5.66. The maximum atomic E-state index is 10.7. The first-order valence-corrected chi connectivity index (χ1v) is 11.6. The van der Waals surface area contributed by atoms with Gasteiger partial charge < -0.3 is 9.52 Å². The molecule has 0 radical (unpaired) electrons. The Bertz CT molecular complexity index is 1170. The van der Waals surface area contributed by atoms with Gasteiger partial charge in [-0.2, -0.15) is 0 Å². The fourth-order valence-corrected chi connectivity index (χ4v) is 4.60. The number of aliphatic hydroxyl groups excluding tert-OH is 1. The molecule has 0 unspecified atom stereocenters. The molecule has 2 aromatic carbocycles. The van der Waals surface area contributed by atoms with Crippen LogP contribution in [0.2, 0.25) is 0 Å². The van der Waals surface area contributed by atoms with Crippen molar-refractivity contribution in [2.24, 2.45) is 5.92 Å². The fraction of sp³-hybridized carbons (Fsp3) is 0.286. The number of oxazole rings is 1. The highest BCUT2D eigenvalue weighted by molar-refractivity contribution is 5.67. The Morgan fingerprint density at radius 2 is 1.64 bits per heavy atom. The van der Waals surface area contributed by atoms with Crippen molar-refractivity contribution < 1.29 is 9.52 Å². The maximum absolute atomic E-state index is 10.7. The lowest BCUT2D eigenvalue weighted by molar-refractivity contribution is 0.0561. The van der Waals surface area contributed by atoms with Crippen molar-refractivity contribution in [3.8, 4) is 22.6 Å². The highest BCUT2D eigenvalue weighted by atomic mass is 16.4. The second kappa shape index (κ2) is 9.69. The van der Waals surface area contributed by atoms with Crippen molar-refractivity contribution in [1.29, 1.82) is 0 Å². The van der Waals surface area contributed by atoms with Gasteiger partial charge in [-0.3, -0.25) is 9.88 Å². The lowest BCUT2D eigenvalue weighted by Gasteiger charge is -2.33. The Balaban J connectivity index is 1.21. The molecular weight excluding hydrogens is 410 g/mol. The molecule has 1 fully saturated rings. The van der Waals surface area contributed by atoms with Gasteiger partial charge in [0.1, 0.15) is 5.76 Å². The van der Waals surface area contributed by atoms with E-state index in [1.54, 1.807) is 12.4 Å². The second-order valence-corrected chi connectivity index (χ2v) is 8.81. The summed E-state index contributed by atoms with van der Waals surface area (Å²) >= 11 is 0. The van der Waals surface area contributed by atoms with Crippen LogP contribution in [0, 0.1) is 12.8 Å². The van der Waals surface area contributed by atoms with E-state index in [0.717, 1.165) is 55.1 Å². The Morgan fingerprint density at radius 3 is 2.33 bits per heavy atom. The molecule has 1 aliphatic rings. The van der Waals surface area contributed by atoms with Crippen LogP contribution in [0.25, 0.3) is 22.6 Å². The summed E-state index contributed by atoms with van der Waals surface area (Å²) in [7, 11) is 0. The van der Waals surface area contributed by atoms with Gasteiger partial charge in [-0.1, -0.05) is 48.5 Å².